The Balaban J connectivity index is 2.67. The molecule has 1 rings (SSSR count). The number of anilines is 1. The van der Waals surface area contributed by atoms with Gasteiger partial charge in [-0.1, -0.05) is 0 Å². The van der Waals surface area contributed by atoms with Crippen LogP contribution in [0.1, 0.15) is 0 Å². The van der Waals surface area contributed by atoms with Gasteiger partial charge in [0.2, 0.25) is 0 Å². The van der Waals surface area contributed by atoms with Crippen LogP contribution >= 0.6 is 0 Å². The number of carboxylic acid groups (broad SMARTS) is 2. The quantitative estimate of drug-likeness (QED) is 0.628. The summed E-state index contributed by atoms with van der Waals surface area (Å²) in [5, 5.41) is 19.4. The SMILES string of the molecule is O=C(O)CNc1ncccc1OCC(=O)O. The molecule has 86 valence electrons. The Hall–Kier alpha value is -2.31. The van der Waals surface area contributed by atoms with Crippen molar-refractivity contribution in [3.63, 3.8) is 0 Å². The summed E-state index contributed by atoms with van der Waals surface area (Å²) in [4.78, 5) is 24.5. The molecule has 0 aromatic carbocycles. The van der Waals surface area contributed by atoms with Crippen molar-refractivity contribution in [2.45, 2.75) is 0 Å². The van der Waals surface area contributed by atoms with Crippen LogP contribution in [0.4, 0.5) is 5.82 Å². The summed E-state index contributed by atoms with van der Waals surface area (Å²) >= 11 is 0. The van der Waals surface area contributed by atoms with Crippen LogP contribution in [-0.2, 0) is 9.59 Å². The highest BCUT2D eigenvalue weighted by Crippen LogP contribution is 2.20. The number of pyridine rings is 1. The van der Waals surface area contributed by atoms with Gasteiger partial charge in [-0.2, -0.15) is 0 Å². The van der Waals surface area contributed by atoms with Crippen molar-refractivity contribution in [2.75, 3.05) is 18.5 Å². The molecule has 0 bridgehead atoms. The highest BCUT2D eigenvalue weighted by atomic mass is 16.5. The second kappa shape index (κ2) is 5.54. The molecule has 0 radical (unpaired) electrons. The van der Waals surface area contributed by atoms with Crippen LogP contribution in [0, 0.1) is 0 Å². The summed E-state index contributed by atoms with van der Waals surface area (Å²) in [6, 6.07) is 3.06. The predicted octanol–water partition coefficient (Wildman–Crippen LogP) is 0.0415. The number of rotatable bonds is 6. The number of carboxylic acids is 2. The van der Waals surface area contributed by atoms with Crippen LogP contribution < -0.4 is 10.1 Å². The van der Waals surface area contributed by atoms with Crippen molar-refractivity contribution in [1.29, 1.82) is 0 Å². The summed E-state index contributed by atoms with van der Waals surface area (Å²) in [6.45, 7) is -0.826. The number of hydrogen-bond donors (Lipinski definition) is 3. The van der Waals surface area contributed by atoms with E-state index in [1.54, 1.807) is 6.07 Å². The van der Waals surface area contributed by atoms with Crippen molar-refractivity contribution in [3.05, 3.63) is 18.3 Å². The lowest BCUT2D eigenvalue weighted by atomic mass is 10.4. The summed E-state index contributed by atoms with van der Waals surface area (Å²) in [5.74, 6) is -1.76. The Morgan fingerprint density at radius 2 is 2.12 bits per heavy atom. The molecule has 0 unspecified atom stereocenters. The van der Waals surface area contributed by atoms with Crippen molar-refractivity contribution < 1.29 is 24.5 Å². The van der Waals surface area contributed by atoms with Gasteiger partial charge in [0.1, 0.15) is 6.54 Å². The van der Waals surface area contributed by atoms with Crippen molar-refractivity contribution >= 4 is 17.8 Å². The summed E-state index contributed by atoms with van der Waals surface area (Å²) in [7, 11) is 0. The van der Waals surface area contributed by atoms with Gasteiger partial charge in [0, 0.05) is 6.20 Å². The molecule has 0 aliphatic heterocycles. The second-order valence-electron chi connectivity index (χ2n) is 2.78. The zero-order valence-corrected chi connectivity index (χ0v) is 8.21. The maximum atomic E-state index is 10.3. The van der Waals surface area contributed by atoms with Crippen LogP contribution in [-0.4, -0.2) is 40.3 Å². The van der Waals surface area contributed by atoms with Gasteiger partial charge >= 0.3 is 11.9 Å². The van der Waals surface area contributed by atoms with E-state index in [0.717, 1.165) is 0 Å². The van der Waals surface area contributed by atoms with Gasteiger partial charge in [-0.15, -0.1) is 0 Å². The minimum absolute atomic E-state index is 0.200. The standard InChI is InChI=1S/C9H10N2O5/c12-7(13)4-11-9-6(2-1-3-10-9)16-5-8(14)15/h1-3H,4-5H2,(H,10,11)(H,12,13)(H,14,15). The topological polar surface area (TPSA) is 109 Å². The third-order valence-corrected chi connectivity index (χ3v) is 1.53. The van der Waals surface area contributed by atoms with Crippen molar-refractivity contribution in [3.8, 4) is 5.75 Å². The van der Waals surface area contributed by atoms with E-state index in [4.69, 9.17) is 14.9 Å². The molecule has 0 amide bonds. The van der Waals surface area contributed by atoms with Gasteiger partial charge in [-0.3, -0.25) is 4.79 Å². The van der Waals surface area contributed by atoms with Crippen molar-refractivity contribution in [2.24, 2.45) is 0 Å². The maximum Gasteiger partial charge on any atom is 0.341 e. The minimum Gasteiger partial charge on any atom is -0.480 e. The summed E-state index contributed by atoms with van der Waals surface area (Å²) < 4.78 is 4.91. The average Bonchev–Trinajstić information content (AvgIpc) is 2.24. The number of carbonyl (C=O) groups is 2. The van der Waals surface area contributed by atoms with E-state index in [-0.39, 0.29) is 18.1 Å². The first-order chi connectivity index (χ1) is 7.59. The molecular formula is C9H10N2O5. The molecule has 0 spiro atoms. The smallest absolute Gasteiger partial charge is 0.341 e. The molecule has 7 nitrogen and oxygen atoms in total. The molecule has 0 atom stereocenters. The predicted molar refractivity (Wildman–Crippen MR) is 53.5 cm³/mol. The van der Waals surface area contributed by atoms with E-state index in [9.17, 15) is 9.59 Å². The normalized spacial score (nSPS) is 9.50. The number of hydrogen-bond acceptors (Lipinski definition) is 5. The third kappa shape index (κ3) is 3.82. The summed E-state index contributed by atoms with van der Waals surface area (Å²) in [6.07, 6.45) is 1.44. The maximum absolute atomic E-state index is 10.3. The number of aromatic nitrogens is 1. The van der Waals surface area contributed by atoms with Crippen LogP contribution in [0.15, 0.2) is 18.3 Å². The lowest BCUT2D eigenvalue weighted by Gasteiger charge is -2.08. The van der Waals surface area contributed by atoms with Gasteiger partial charge in [-0.05, 0) is 12.1 Å². The number of aliphatic carboxylic acids is 2. The van der Waals surface area contributed by atoms with Crippen LogP contribution in [0.5, 0.6) is 5.75 Å². The fraction of sp³-hybridized carbons (Fsp3) is 0.222. The summed E-state index contributed by atoms with van der Waals surface area (Å²) in [5.41, 5.74) is 0. The fourth-order valence-electron chi connectivity index (χ4n) is 0.939. The minimum atomic E-state index is -1.12. The molecule has 7 heteroatoms. The molecular weight excluding hydrogens is 216 g/mol. The van der Waals surface area contributed by atoms with Gasteiger partial charge in [0.15, 0.2) is 18.2 Å². The molecule has 1 aromatic rings. The number of ether oxygens (including phenoxy) is 1. The highest BCUT2D eigenvalue weighted by molar-refractivity contribution is 5.73. The van der Waals surface area contributed by atoms with Crippen molar-refractivity contribution in [1.82, 2.24) is 4.98 Å². The first-order valence-corrected chi connectivity index (χ1v) is 4.35. The zero-order chi connectivity index (χ0) is 12.0. The number of nitrogens with zero attached hydrogens (tertiary/aromatic N) is 1. The molecule has 16 heavy (non-hydrogen) atoms. The first kappa shape index (κ1) is 11.8. The van der Waals surface area contributed by atoms with Gasteiger partial charge < -0.3 is 20.3 Å². The second-order valence-corrected chi connectivity index (χ2v) is 2.78. The Morgan fingerprint density at radius 3 is 2.75 bits per heavy atom. The molecule has 3 N–H and O–H groups in total. The monoisotopic (exact) mass is 226 g/mol. The van der Waals surface area contributed by atoms with E-state index >= 15 is 0 Å². The molecule has 0 aliphatic carbocycles. The highest BCUT2D eigenvalue weighted by Gasteiger charge is 2.07. The Labute approximate surface area is 90.7 Å². The van der Waals surface area contributed by atoms with Crippen LogP contribution in [0.25, 0.3) is 0 Å². The third-order valence-electron chi connectivity index (χ3n) is 1.53. The fourth-order valence-corrected chi connectivity index (χ4v) is 0.939. The largest absolute Gasteiger partial charge is 0.480 e. The van der Waals surface area contributed by atoms with Gasteiger partial charge in [0.05, 0.1) is 0 Å². The van der Waals surface area contributed by atoms with Gasteiger partial charge in [-0.25, -0.2) is 9.78 Å². The molecule has 1 heterocycles. The average molecular weight is 226 g/mol. The Kier molecular flexibility index (Phi) is 4.07. The Bertz CT molecular complexity index is 356. The van der Waals surface area contributed by atoms with E-state index in [2.05, 4.69) is 10.3 Å². The molecule has 0 saturated carbocycles. The van der Waals surface area contributed by atoms with Crippen LogP contribution in [0.2, 0.25) is 0 Å². The lowest BCUT2D eigenvalue weighted by molar-refractivity contribution is -0.139. The zero-order valence-electron chi connectivity index (χ0n) is 8.21. The lowest BCUT2D eigenvalue weighted by Crippen LogP contribution is -2.15. The van der Waals surface area contributed by atoms with E-state index < -0.39 is 18.5 Å². The first-order valence-electron chi connectivity index (χ1n) is 4.35. The number of nitrogens with one attached hydrogen (secondary N) is 1. The van der Waals surface area contributed by atoms with E-state index in [1.165, 1.54) is 12.3 Å². The van der Waals surface area contributed by atoms with E-state index in [1.807, 2.05) is 0 Å². The van der Waals surface area contributed by atoms with Gasteiger partial charge in [0.25, 0.3) is 0 Å². The Morgan fingerprint density at radius 1 is 1.38 bits per heavy atom. The molecule has 0 fully saturated rings. The van der Waals surface area contributed by atoms with E-state index in [0.29, 0.717) is 0 Å². The molecule has 0 aliphatic rings. The molecule has 0 saturated heterocycles. The van der Waals surface area contributed by atoms with Crippen LogP contribution in [0.3, 0.4) is 0 Å². The molecule has 1 aromatic heterocycles.